The monoisotopic (exact) mass is 499 g/mol. The number of amides is 2. The number of hydrogen-bond acceptors (Lipinski definition) is 6. The maximum absolute atomic E-state index is 13.1. The molecule has 0 bridgehead atoms. The molecule has 182 valence electrons. The first-order valence-electron chi connectivity index (χ1n) is 10.4. The molecule has 1 heterocycles. The van der Waals surface area contributed by atoms with E-state index in [1.54, 1.807) is 61.5 Å². The quantitative estimate of drug-likeness (QED) is 0.318. The fraction of sp³-hybridized carbons (Fsp3) is 0.167. The molecule has 10 nitrogen and oxygen atoms in total. The van der Waals surface area contributed by atoms with Crippen molar-refractivity contribution in [2.24, 2.45) is 0 Å². The third-order valence-electron chi connectivity index (χ3n) is 5.20. The number of halogens is 1. The van der Waals surface area contributed by atoms with Gasteiger partial charge >= 0.3 is 5.97 Å². The van der Waals surface area contributed by atoms with Gasteiger partial charge in [0.1, 0.15) is 17.7 Å². The summed E-state index contributed by atoms with van der Waals surface area (Å²) in [4.78, 5) is 49.6. The van der Waals surface area contributed by atoms with E-state index in [0.29, 0.717) is 10.1 Å². The van der Waals surface area contributed by atoms with Crippen LogP contribution in [-0.2, 0) is 11.3 Å². The molecule has 35 heavy (non-hydrogen) atoms. The van der Waals surface area contributed by atoms with E-state index in [9.17, 15) is 29.4 Å². The minimum Gasteiger partial charge on any atom is -0.506 e. The molecular weight excluding hydrogens is 478 g/mol. The molecule has 0 aliphatic carbocycles. The smallest absolute Gasteiger partial charge is 0.322 e. The summed E-state index contributed by atoms with van der Waals surface area (Å²) in [6.45, 7) is 0.496. The van der Waals surface area contributed by atoms with Gasteiger partial charge in [0.05, 0.1) is 12.6 Å². The molecule has 11 heteroatoms. The first kappa shape index (κ1) is 25.3. The van der Waals surface area contributed by atoms with Gasteiger partial charge in [0.25, 0.3) is 17.4 Å². The Labute approximate surface area is 204 Å². The number of rotatable bonds is 8. The molecule has 1 aromatic heterocycles. The fourth-order valence-electron chi connectivity index (χ4n) is 3.39. The number of nitrogens with one attached hydrogen (secondary N) is 2. The zero-order valence-corrected chi connectivity index (χ0v) is 19.2. The molecule has 0 aliphatic rings. The van der Waals surface area contributed by atoms with Crippen LogP contribution in [0.15, 0.2) is 59.4 Å². The zero-order chi connectivity index (χ0) is 25.7. The van der Waals surface area contributed by atoms with Gasteiger partial charge in [-0.25, -0.2) is 0 Å². The van der Waals surface area contributed by atoms with Gasteiger partial charge in [-0.1, -0.05) is 60.1 Å². The Kier molecular flexibility index (Phi) is 7.77. The summed E-state index contributed by atoms with van der Waals surface area (Å²) in [5, 5.41) is 35.3. The molecule has 3 aromatic rings. The molecule has 0 saturated carbocycles. The summed E-state index contributed by atoms with van der Waals surface area (Å²) in [5.74, 6) is -5.55. The number of aliphatic carboxylic acids is 1. The Bertz CT molecular complexity index is 1340. The lowest BCUT2D eigenvalue weighted by atomic mass is 10.1. The Morgan fingerprint density at radius 1 is 0.971 bits per heavy atom. The Morgan fingerprint density at radius 2 is 1.60 bits per heavy atom. The van der Waals surface area contributed by atoms with Crippen LogP contribution in [-0.4, -0.2) is 44.2 Å². The third kappa shape index (κ3) is 5.61. The van der Waals surface area contributed by atoms with E-state index in [0.717, 1.165) is 5.56 Å². The molecule has 0 radical (unpaired) electrons. The molecule has 2 aromatic carbocycles. The van der Waals surface area contributed by atoms with Crippen molar-refractivity contribution in [2.75, 3.05) is 6.54 Å². The van der Waals surface area contributed by atoms with Gasteiger partial charge in [0.15, 0.2) is 5.75 Å². The molecule has 0 fully saturated rings. The minimum absolute atomic E-state index is 0.257. The Morgan fingerprint density at radius 3 is 2.23 bits per heavy atom. The van der Waals surface area contributed by atoms with Gasteiger partial charge in [-0.3, -0.25) is 23.7 Å². The van der Waals surface area contributed by atoms with Crippen LogP contribution in [0.5, 0.6) is 11.6 Å². The second-order valence-electron chi connectivity index (χ2n) is 7.59. The zero-order valence-electron chi connectivity index (χ0n) is 18.5. The molecule has 0 saturated heterocycles. The van der Waals surface area contributed by atoms with Crippen molar-refractivity contribution in [1.82, 2.24) is 15.2 Å². The summed E-state index contributed by atoms with van der Waals surface area (Å²) < 4.78 is 0.707. The highest BCUT2D eigenvalue weighted by Crippen LogP contribution is 2.30. The first-order valence-corrected chi connectivity index (χ1v) is 10.8. The lowest BCUT2D eigenvalue weighted by molar-refractivity contribution is -0.135. The summed E-state index contributed by atoms with van der Waals surface area (Å²) >= 11 is 6.17. The molecule has 0 spiro atoms. The van der Waals surface area contributed by atoms with E-state index in [-0.39, 0.29) is 11.6 Å². The number of benzene rings is 2. The van der Waals surface area contributed by atoms with Crippen LogP contribution >= 0.6 is 11.6 Å². The van der Waals surface area contributed by atoms with Crippen LogP contribution < -0.4 is 16.2 Å². The van der Waals surface area contributed by atoms with Gasteiger partial charge in [-0.2, -0.15) is 0 Å². The van der Waals surface area contributed by atoms with Crippen LogP contribution in [0.2, 0.25) is 5.02 Å². The number of aromatic hydroxyl groups is 2. The normalized spacial score (nSPS) is 11.5. The molecule has 1 atom stereocenters. The Balaban J connectivity index is 2.12. The minimum atomic E-state index is -1.39. The summed E-state index contributed by atoms with van der Waals surface area (Å²) in [6.07, 6.45) is 0. The molecule has 0 aliphatic heterocycles. The molecule has 0 unspecified atom stereocenters. The number of nitrogens with zero attached hydrogens (tertiary/aromatic N) is 1. The lowest BCUT2D eigenvalue weighted by Crippen LogP contribution is -2.37. The number of carboxylic acids is 1. The highest BCUT2D eigenvalue weighted by Gasteiger charge is 2.30. The van der Waals surface area contributed by atoms with Crippen molar-refractivity contribution in [3.8, 4) is 11.6 Å². The second-order valence-corrected chi connectivity index (χ2v) is 7.99. The van der Waals surface area contributed by atoms with Crippen LogP contribution in [0.3, 0.4) is 0 Å². The van der Waals surface area contributed by atoms with Gasteiger partial charge in [-0.15, -0.1) is 0 Å². The van der Waals surface area contributed by atoms with Gasteiger partial charge < -0.3 is 26.0 Å². The number of carboxylic acid groups (broad SMARTS) is 1. The maximum Gasteiger partial charge on any atom is 0.322 e. The summed E-state index contributed by atoms with van der Waals surface area (Å²) in [7, 11) is 0. The number of carbonyl (C=O) groups excluding carboxylic acids is 2. The average Bonchev–Trinajstić information content (AvgIpc) is 2.82. The molecular formula is C24H22ClN3O7. The average molecular weight is 500 g/mol. The van der Waals surface area contributed by atoms with E-state index < -0.39 is 58.7 Å². The highest BCUT2D eigenvalue weighted by atomic mass is 35.5. The van der Waals surface area contributed by atoms with Crippen LogP contribution in [0.4, 0.5) is 0 Å². The maximum atomic E-state index is 13.1. The van der Waals surface area contributed by atoms with E-state index >= 15 is 0 Å². The van der Waals surface area contributed by atoms with E-state index in [1.165, 1.54) is 0 Å². The standard InChI is InChI=1S/C24H22ClN3O7/c1-13(14-7-3-2-4-8-14)27-22(33)19-20(31)18(21(32)26-11-17(29)30)23(34)28(24(19)35)12-15-9-5-6-10-16(15)25/h2-10,13,31,35H,11-12H2,1H3,(H,26,32)(H,27,33)(H,29,30)/t13-/m1/s1. The highest BCUT2D eigenvalue weighted by molar-refractivity contribution is 6.31. The van der Waals surface area contributed by atoms with Crippen LogP contribution in [0.25, 0.3) is 0 Å². The number of aromatic nitrogens is 1. The van der Waals surface area contributed by atoms with E-state index in [1.807, 2.05) is 5.32 Å². The number of hydrogen-bond donors (Lipinski definition) is 5. The van der Waals surface area contributed by atoms with Crippen molar-refractivity contribution in [3.63, 3.8) is 0 Å². The molecule has 2 amide bonds. The predicted molar refractivity (Wildman–Crippen MR) is 127 cm³/mol. The third-order valence-corrected chi connectivity index (χ3v) is 5.57. The largest absolute Gasteiger partial charge is 0.506 e. The summed E-state index contributed by atoms with van der Waals surface area (Å²) in [5.41, 5.74) is -1.65. The van der Waals surface area contributed by atoms with Crippen molar-refractivity contribution in [1.29, 1.82) is 0 Å². The fourth-order valence-corrected chi connectivity index (χ4v) is 3.59. The topological polar surface area (TPSA) is 158 Å². The van der Waals surface area contributed by atoms with Crippen LogP contribution in [0, 0.1) is 0 Å². The lowest BCUT2D eigenvalue weighted by Gasteiger charge is -2.19. The van der Waals surface area contributed by atoms with Crippen molar-refractivity contribution in [2.45, 2.75) is 19.5 Å². The van der Waals surface area contributed by atoms with Crippen molar-refractivity contribution < 1.29 is 29.7 Å². The van der Waals surface area contributed by atoms with Gasteiger partial charge in [0, 0.05) is 5.02 Å². The number of pyridine rings is 1. The van der Waals surface area contributed by atoms with Crippen molar-refractivity contribution >= 4 is 29.4 Å². The number of carbonyl (C=O) groups is 3. The SMILES string of the molecule is C[C@@H](NC(=O)c1c(O)c(C(=O)NCC(=O)O)c(=O)n(Cc2ccccc2Cl)c1O)c1ccccc1. The van der Waals surface area contributed by atoms with Gasteiger partial charge in [-0.05, 0) is 24.1 Å². The summed E-state index contributed by atoms with van der Waals surface area (Å²) in [6, 6.07) is 14.7. The van der Waals surface area contributed by atoms with Crippen LogP contribution in [0.1, 0.15) is 44.8 Å². The first-order chi connectivity index (χ1) is 16.6. The van der Waals surface area contributed by atoms with E-state index in [2.05, 4.69) is 5.32 Å². The van der Waals surface area contributed by atoms with Crippen molar-refractivity contribution in [3.05, 3.63) is 92.2 Å². The second kappa shape index (κ2) is 10.7. The van der Waals surface area contributed by atoms with E-state index in [4.69, 9.17) is 16.7 Å². The predicted octanol–water partition coefficient (Wildman–Crippen LogP) is 2.27. The molecule has 5 N–H and O–H groups in total. The van der Waals surface area contributed by atoms with Gasteiger partial charge in [0.2, 0.25) is 5.88 Å². The Hall–Kier alpha value is -4.31. The molecule has 3 rings (SSSR count).